The summed E-state index contributed by atoms with van der Waals surface area (Å²) in [6, 6.07) is 39.2. The molecule has 0 fully saturated rings. The van der Waals surface area contributed by atoms with Crippen molar-refractivity contribution in [1.29, 1.82) is 0 Å². The zero-order chi connectivity index (χ0) is 35.3. The second-order valence-corrected chi connectivity index (χ2v) is 13.8. The Bertz CT molecular complexity index is 2890. The summed E-state index contributed by atoms with van der Waals surface area (Å²) >= 11 is 0. The normalized spacial score (nSPS) is 12.8. The maximum absolute atomic E-state index is 3.88. The fourth-order valence-corrected chi connectivity index (χ4v) is 7.50. The van der Waals surface area contributed by atoms with Crippen molar-refractivity contribution in [2.24, 2.45) is 21.1 Å². The lowest BCUT2D eigenvalue weighted by Crippen LogP contribution is -2.28. The number of pyridine rings is 3. The molecule has 7 heteroatoms. The summed E-state index contributed by atoms with van der Waals surface area (Å²) in [5.41, 5.74) is 14.2. The van der Waals surface area contributed by atoms with Crippen molar-refractivity contribution in [3.63, 3.8) is 0 Å². The van der Waals surface area contributed by atoms with E-state index in [1.807, 2.05) is 0 Å². The van der Waals surface area contributed by atoms with Gasteiger partial charge in [-0.15, -0.1) is 0 Å². The van der Waals surface area contributed by atoms with Crippen molar-refractivity contribution in [3.8, 4) is 0 Å². The number of aryl methyl sites for hydroxylation is 4. The third-order valence-corrected chi connectivity index (χ3v) is 9.92. The molecule has 4 N–H and O–H groups in total. The van der Waals surface area contributed by atoms with Gasteiger partial charge in [-0.1, -0.05) is 29.8 Å². The standard InChI is InChI=1S/C45H40N7/c1-29-11-13-30(14-12-29)42-34-15-17-36(46-34)43(31-8-5-23-50(2)26-31)38-19-21-40(48-38)45(33-10-7-25-52(4)28-33)41-22-20-39(49-41)44(37-18-16-35(42)47-37)32-9-6-24-51(3)27-32/h5-28,46-49H,1-4H3/q+3. The van der Waals surface area contributed by atoms with Gasteiger partial charge in [-0.05, 0) is 79.2 Å². The molecule has 7 nitrogen and oxygen atoms in total. The quantitative estimate of drug-likeness (QED) is 0.207. The fourth-order valence-electron chi connectivity index (χ4n) is 7.50. The maximum Gasteiger partial charge on any atom is 0.176 e. The first kappa shape index (κ1) is 31.3. The number of H-pyrrole nitrogens is 4. The largest absolute Gasteiger partial charge is 0.354 e. The smallest absolute Gasteiger partial charge is 0.176 e. The van der Waals surface area contributed by atoms with Gasteiger partial charge >= 0.3 is 0 Å². The molecule has 8 heterocycles. The predicted octanol–water partition coefficient (Wildman–Crippen LogP) is 3.08. The molecule has 52 heavy (non-hydrogen) atoms. The Morgan fingerprint density at radius 1 is 0.346 bits per heavy atom. The Labute approximate surface area is 301 Å². The van der Waals surface area contributed by atoms with Crippen molar-refractivity contribution < 1.29 is 13.7 Å². The highest BCUT2D eigenvalue weighted by Gasteiger charge is 2.20. The van der Waals surface area contributed by atoms with E-state index >= 15 is 0 Å². The van der Waals surface area contributed by atoms with Gasteiger partial charge in [-0.25, -0.2) is 13.7 Å². The van der Waals surface area contributed by atoms with Gasteiger partial charge in [0.25, 0.3) is 0 Å². The van der Waals surface area contributed by atoms with E-state index in [1.165, 1.54) is 5.56 Å². The van der Waals surface area contributed by atoms with Crippen molar-refractivity contribution in [2.45, 2.75) is 6.92 Å². The van der Waals surface area contributed by atoms with E-state index in [4.69, 9.17) is 0 Å². The third kappa shape index (κ3) is 5.62. The molecule has 1 aliphatic heterocycles. The summed E-state index contributed by atoms with van der Waals surface area (Å²) in [5.74, 6) is 0. The van der Waals surface area contributed by atoms with E-state index in [0.29, 0.717) is 0 Å². The topological polar surface area (TPSA) is 74.8 Å². The molecule has 0 atom stereocenters. The number of nitrogens with zero attached hydrogens (tertiary/aromatic N) is 3. The minimum atomic E-state index is 1.02. The van der Waals surface area contributed by atoms with Gasteiger partial charge in [-0.3, -0.25) is 0 Å². The lowest BCUT2D eigenvalue weighted by molar-refractivity contribution is -0.671. The van der Waals surface area contributed by atoms with E-state index in [0.717, 1.165) is 88.7 Å². The number of benzene rings is 1. The number of hydrogen-bond acceptors (Lipinski definition) is 0. The Balaban J connectivity index is 1.44. The van der Waals surface area contributed by atoms with E-state index in [2.05, 4.69) is 208 Å². The molecule has 8 bridgehead atoms. The number of fused-ring (bicyclic) bond motifs is 8. The van der Waals surface area contributed by atoms with Crippen molar-refractivity contribution in [3.05, 3.63) is 218 Å². The van der Waals surface area contributed by atoms with Crippen LogP contribution in [0.4, 0.5) is 0 Å². The van der Waals surface area contributed by atoms with Gasteiger partial charge < -0.3 is 19.9 Å². The molecular weight excluding hydrogens is 639 g/mol. The zero-order valence-corrected chi connectivity index (χ0v) is 29.7. The first-order valence-electron chi connectivity index (χ1n) is 17.6. The third-order valence-electron chi connectivity index (χ3n) is 9.92. The molecule has 9 rings (SSSR count). The van der Waals surface area contributed by atoms with Crippen LogP contribution in [0.5, 0.6) is 0 Å². The Morgan fingerprint density at radius 3 is 1.00 bits per heavy atom. The monoisotopic (exact) mass is 678 g/mol. The highest BCUT2D eigenvalue weighted by atomic mass is 14.9. The van der Waals surface area contributed by atoms with Crippen molar-refractivity contribution in [2.75, 3.05) is 0 Å². The van der Waals surface area contributed by atoms with E-state index in [-0.39, 0.29) is 0 Å². The van der Waals surface area contributed by atoms with E-state index in [1.54, 1.807) is 0 Å². The maximum atomic E-state index is 3.88. The number of rotatable bonds is 4. The molecule has 1 aliphatic rings. The van der Waals surface area contributed by atoms with Crippen LogP contribution >= 0.6 is 0 Å². The van der Waals surface area contributed by atoms with Crippen LogP contribution in [0.15, 0.2) is 146 Å². The van der Waals surface area contributed by atoms with Crippen LogP contribution in [0, 0.1) is 6.92 Å². The number of nitrogens with one attached hydrogen (secondary N) is 4. The second-order valence-electron chi connectivity index (χ2n) is 13.8. The van der Waals surface area contributed by atoms with Crippen LogP contribution in [0.2, 0.25) is 0 Å². The van der Waals surface area contributed by atoms with E-state index < -0.39 is 0 Å². The number of aromatic amines is 4. The Hall–Kier alpha value is -6.73. The van der Waals surface area contributed by atoms with Crippen molar-refractivity contribution >= 4 is 22.3 Å². The molecule has 0 saturated heterocycles. The Morgan fingerprint density at radius 2 is 0.673 bits per heavy atom. The van der Waals surface area contributed by atoms with Gasteiger partial charge in [-0.2, -0.15) is 0 Å². The first-order valence-corrected chi connectivity index (χ1v) is 17.6. The van der Waals surface area contributed by atoms with Gasteiger partial charge in [0, 0.05) is 101 Å². The van der Waals surface area contributed by atoms with Crippen molar-refractivity contribution in [1.82, 2.24) is 19.9 Å². The zero-order valence-electron chi connectivity index (χ0n) is 29.7. The van der Waals surface area contributed by atoms with Gasteiger partial charge in [0.15, 0.2) is 37.2 Å². The number of aromatic nitrogens is 7. The Kier molecular flexibility index (Phi) is 7.55. The lowest BCUT2D eigenvalue weighted by Gasteiger charge is -2.09. The molecule has 0 radical (unpaired) electrons. The molecular formula is C45H40N7+3. The highest BCUT2D eigenvalue weighted by Crippen LogP contribution is 2.27. The summed E-state index contributed by atoms with van der Waals surface area (Å²) in [6.45, 7) is 2.13. The highest BCUT2D eigenvalue weighted by molar-refractivity contribution is 5.84. The summed E-state index contributed by atoms with van der Waals surface area (Å²) in [7, 11) is 6.20. The molecule has 0 saturated carbocycles. The fraction of sp³-hybridized carbons (Fsp3) is 0.0889. The predicted molar refractivity (Wildman–Crippen MR) is 202 cm³/mol. The molecule has 0 amide bonds. The minimum absolute atomic E-state index is 1.02. The SMILES string of the molecule is Cc1ccc(C2=c3ccc([nH]3)=C(c3ccc[n+](C)c3)c3ccc([nH]3)C(c3ccc[n+](C)c3)=c3ccc([nH]3)=C(c3ccc[n+](C)c3)c3ccc2[nH]3)cc1. The van der Waals surface area contributed by atoms with Crippen LogP contribution < -0.4 is 35.1 Å². The van der Waals surface area contributed by atoms with Gasteiger partial charge in [0.1, 0.15) is 21.1 Å². The van der Waals surface area contributed by atoms with Crippen LogP contribution in [0.1, 0.15) is 50.6 Å². The van der Waals surface area contributed by atoms with Crippen LogP contribution in [-0.4, -0.2) is 19.9 Å². The van der Waals surface area contributed by atoms with Crippen LogP contribution in [-0.2, 0) is 21.1 Å². The van der Waals surface area contributed by atoms with Crippen LogP contribution in [0.25, 0.3) is 22.3 Å². The number of hydrogen-bond donors (Lipinski definition) is 4. The average molecular weight is 679 g/mol. The minimum Gasteiger partial charge on any atom is -0.354 e. The molecule has 0 unspecified atom stereocenters. The molecule has 0 spiro atoms. The summed E-state index contributed by atoms with van der Waals surface area (Å²) in [5, 5.41) is 4.10. The van der Waals surface area contributed by atoms with Crippen LogP contribution in [0.3, 0.4) is 0 Å². The average Bonchev–Trinajstić information content (AvgIpc) is 3.97. The first-order chi connectivity index (χ1) is 25.4. The van der Waals surface area contributed by atoms with Gasteiger partial charge in [0.05, 0.1) is 0 Å². The molecule has 8 aromatic rings. The summed E-state index contributed by atoms with van der Waals surface area (Å²) in [6.07, 6.45) is 12.7. The molecule has 0 aliphatic carbocycles. The second kappa shape index (κ2) is 12.5. The van der Waals surface area contributed by atoms with Gasteiger partial charge in [0.2, 0.25) is 0 Å². The molecule has 252 valence electrons. The summed E-state index contributed by atoms with van der Waals surface area (Å²) in [4.78, 5) is 15.5. The lowest BCUT2D eigenvalue weighted by atomic mass is 10.0. The molecule has 7 aromatic heterocycles. The molecule has 1 aromatic carbocycles. The van der Waals surface area contributed by atoms with E-state index in [9.17, 15) is 0 Å². The summed E-state index contributed by atoms with van der Waals surface area (Å²) < 4.78 is 6.30.